The molecule has 0 radical (unpaired) electrons. The second kappa shape index (κ2) is 10.4. The fourth-order valence-corrected chi connectivity index (χ4v) is 5.46. The van der Waals surface area contributed by atoms with Gasteiger partial charge in [0.2, 0.25) is 11.5 Å². The van der Waals surface area contributed by atoms with Gasteiger partial charge in [0.15, 0.2) is 0 Å². The topological polar surface area (TPSA) is 63.2 Å². The zero-order chi connectivity index (χ0) is 26.1. The van der Waals surface area contributed by atoms with E-state index in [1.807, 2.05) is 27.7 Å². The summed E-state index contributed by atoms with van der Waals surface area (Å²) in [5.74, 6) is 0.440. The second-order valence-corrected chi connectivity index (χ2v) is 10.4. The maximum Gasteiger partial charge on any atom is 0.246 e. The van der Waals surface area contributed by atoms with E-state index < -0.39 is 6.04 Å². The molecule has 6 nitrogen and oxygen atoms in total. The summed E-state index contributed by atoms with van der Waals surface area (Å²) in [7, 11) is 1.71. The molecule has 1 N–H and O–H groups in total. The van der Waals surface area contributed by atoms with Crippen molar-refractivity contribution >= 4 is 16.9 Å². The zero-order valence-corrected chi connectivity index (χ0v) is 22.1. The molecule has 1 aliphatic rings. The minimum atomic E-state index is -0.505. The van der Waals surface area contributed by atoms with Crippen LogP contribution in [0.5, 0.6) is 0 Å². The van der Waals surface area contributed by atoms with Crippen molar-refractivity contribution < 1.29 is 9.53 Å². The number of rotatable bonds is 8. The Balaban J connectivity index is 1.60. The van der Waals surface area contributed by atoms with Crippen LogP contribution in [0.25, 0.3) is 11.0 Å². The Morgan fingerprint density at radius 3 is 2.08 bits per heavy atom. The highest BCUT2D eigenvalue weighted by Crippen LogP contribution is 2.29. The van der Waals surface area contributed by atoms with Crippen LogP contribution >= 0.6 is 0 Å². The molecule has 1 aromatic heterocycles. The number of nitrogens with zero attached hydrogens (tertiary/aromatic N) is 3. The monoisotopic (exact) mass is 496 g/mol. The number of methoxy groups -OCH3 is 1. The van der Waals surface area contributed by atoms with E-state index in [1.54, 1.807) is 7.11 Å². The van der Waals surface area contributed by atoms with Gasteiger partial charge < -0.3 is 14.2 Å². The summed E-state index contributed by atoms with van der Waals surface area (Å²) in [6.07, 6.45) is 0.536. The Bertz CT molecular complexity index is 1440. The van der Waals surface area contributed by atoms with Crippen LogP contribution in [0, 0.1) is 25.2 Å². The third-order valence-corrected chi connectivity index (χ3v) is 7.62. The van der Waals surface area contributed by atoms with Crippen molar-refractivity contribution in [2.75, 3.05) is 26.8 Å². The Labute approximate surface area is 218 Å². The van der Waals surface area contributed by atoms with Crippen LogP contribution in [0.4, 0.5) is 0 Å². The summed E-state index contributed by atoms with van der Waals surface area (Å²) in [5.41, 5.74) is 6.84. The first-order valence-electron chi connectivity index (χ1n) is 13.0. The quantitative estimate of drug-likeness (QED) is 0.372. The first-order valence-corrected chi connectivity index (χ1v) is 13.0. The summed E-state index contributed by atoms with van der Waals surface area (Å²) in [4.78, 5) is 15.9. The van der Waals surface area contributed by atoms with Gasteiger partial charge in [0.1, 0.15) is 6.04 Å². The van der Waals surface area contributed by atoms with Crippen molar-refractivity contribution in [2.24, 2.45) is 5.92 Å². The highest BCUT2D eigenvalue weighted by molar-refractivity contribution is 5.85. The normalized spacial score (nSPS) is 15.5. The Hall–Kier alpha value is -3.64. The van der Waals surface area contributed by atoms with Crippen molar-refractivity contribution in [3.8, 4) is 0 Å². The van der Waals surface area contributed by atoms with Gasteiger partial charge in [-0.2, -0.15) is 0 Å². The molecule has 1 unspecified atom stereocenters. The van der Waals surface area contributed by atoms with E-state index in [2.05, 4.69) is 79.9 Å². The van der Waals surface area contributed by atoms with Crippen molar-refractivity contribution in [1.29, 1.82) is 5.41 Å². The summed E-state index contributed by atoms with van der Waals surface area (Å²) in [6.45, 7) is 8.33. The Morgan fingerprint density at radius 2 is 1.49 bits per heavy atom. The highest BCUT2D eigenvalue weighted by Gasteiger charge is 2.36. The number of aryl methyl sites for hydroxylation is 2. The lowest BCUT2D eigenvalue weighted by Gasteiger charge is -2.41. The van der Waals surface area contributed by atoms with E-state index in [4.69, 9.17) is 4.74 Å². The molecule has 1 amide bonds. The Morgan fingerprint density at radius 1 is 0.919 bits per heavy atom. The Kier molecular flexibility index (Phi) is 7.02. The number of ether oxygens (including phenoxy) is 1. The fraction of sp³-hybridized carbons (Fsp3) is 0.355. The van der Waals surface area contributed by atoms with Crippen LogP contribution in [0.1, 0.15) is 41.3 Å². The third-order valence-electron chi connectivity index (χ3n) is 7.62. The molecule has 6 heteroatoms. The number of para-hydroxylation sites is 2. The van der Waals surface area contributed by atoms with E-state index in [9.17, 15) is 10.2 Å². The molecule has 37 heavy (non-hydrogen) atoms. The molecule has 5 rings (SSSR count). The van der Waals surface area contributed by atoms with Crippen molar-refractivity contribution in [3.05, 3.63) is 101 Å². The van der Waals surface area contributed by atoms with Crippen molar-refractivity contribution in [1.82, 2.24) is 14.0 Å². The third kappa shape index (κ3) is 4.86. The number of nitrogens with one attached hydrogen (secondary N) is 1. The summed E-state index contributed by atoms with van der Waals surface area (Å²) >= 11 is 0. The molecule has 1 saturated heterocycles. The van der Waals surface area contributed by atoms with Crippen LogP contribution in [0.2, 0.25) is 0 Å². The molecule has 2 heterocycles. The van der Waals surface area contributed by atoms with Gasteiger partial charge in [0.05, 0.1) is 23.7 Å². The summed E-state index contributed by atoms with van der Waals surface area (Å²) < 4.78 is 9.31. The molecule has 0 saturated carbocycles. The van der Waals surface area contributed by atoms with Gasteiger partial charge in [0.25, 0.3) is 0 Å². The van der Waals surface area contributed by atoms with E-state index in [0.29, 0.717) is 37.7 Å². The maximum absolute atomic E-state index is 14.0. The number of hydrogen-bond donors (Lipinski definition) is 1. The molecule has 2 atom stereocenters. The molecule has 4 aromatic rings. The molecular formula is C31H36N4O2. The number of benzene rings is 3. The molecule has 1 aliphatic heterocycles. The number of likely N-dealkylation sites (tertiary alicyclic amines) is 1. The standard InChI is InChI=1S/C31H36N4O2/c1-21-9-13-24(14-10-21)17-29(30(36)33-18-25(19-33)20-37-4)35-28-8-6-5-7-27(28)34(31(35)32)23(3)26-15-11-22(2)12-16-26/h5-16,23,25,29,32H,17-20H2,1-4H3/t23?,29-/m0/s1. The second-order valence-electron chi connectivity index (χ2n) is 10.4. The molecular weight excluding hydrogens is 460 g/mol. The SMILES string of the molecule is COCC1CN(C(=O)[C@H](Cc2ccc(C)cc2)n2c(=N)n(C(C)c3ccc(C)cc3)c3ccccc32)C1. The van der Waals surface area contributed by atoms with Gasteiger partial charge in [-0.1, -0.05) is 71.8 Å². The van der Waals surface area contributed by atoms with Crippen LogP contribution < -0.4 is 5.62 Å². The maximum atomic E-state index is 14.0. The predicted octanol–water partition coefficient (Wildman–Crippen LogP) is 5.04. The van der Waals surface area contributed by atoms with Crippen LogP contribution in [0.15, 0.2) is 72.8 Å². The highest BCUT2D eigenvalue weighted by atomic mass is 16.5. The number of fused-ring (bicyclic) bond motifs is 1. The average molecular weight is 497 g/mol. The lowest BCUT2D eigenvalue weighted by Crippen LogP contribution is -2.54. The lowest BCUT2D eigenvalue weighted by atomic mass is 9.97. The van der Waals surface area contributed by atoms with Crippen LogP contribution in [-0.2, 0) is 16.0 Å². The number of carbonyl (C=O) groups is 1. The van der Waals surface area contributed by atoms with Crippen LogP contribution in [-0.4, -0.2) is 46.7 Å². The summed E-state index contributed by atoms with van der Waals surface area (Å²) in [6, 6.07) is 24.4. The molecule has 192 valence electrons. The number of carbonyl (C=O) groups excluding carboxylic acids is 1. The average Bonchev–Trinajstić information content (AvgIpc) is 3.16. The van der Waals surface area contributed by atoms with Gasteiger partial charge in [0, 0.05) is 32.5 Å². The molecule has 0 spiro atoms. The molecule has 0 aliphatic carbocycles. The smallest absolute Gasteiger partial charge is 0.246 e. The largest absolute Gasteiger partial charge is 0.384 e. The number of hydrogen-bond acceptors (Lipinski definition) is 3. The predicted molar refractivity (Wildman–Crippen MR) is 147 cm³/mol. The first-order chi connectivity index (χ1) is 17.9. The summed E-state index contributed by atoms with van der Waals surface area (Å²) in [5, 5.41) is 9.38. The van der Waals surface area contributed by atoms with E-state index in [0.717, 1.165) is 22.2 Å². The van der Waals surface area contributed by atoms with Gasteiger partial charge >= 0.3 is 0 Å². The van der Waals surface area contributed by atoms with E-state index in [1.165, 1.54) is 11.1 Å². The molecule has 0 bridgehead atoms. The van der Waals surface area contributed by atoms with Gasteiger partial charge in [-0.15, -0.1) is 0 Å². The fourth-order valence-electron chi connectivity index (χ4n) is 5.46. The zero-order valence-electron chi connectivity index (χ0n) is 22.1. The van der Waals surface area contributed by atoms with E-state index in [-0.39, 0.29) is 11.9 Å². The van der Waals surface area contributed by atoms with Gasteiger partial charge in [-0.3, -0.25) is 14.8 Å². The number of aromatic nitrogens is 2. The minimum absolute atomic E-state index is 0.0514. The van der Waals surface area contributed by atoms with Crippen molar-refractivity contribution in [3.63, 3.8) is 0 Å². The van der Waals surface area contributed by atoms with E-state index >= 15 is 0 Å². The number of imidazole rings is 1. The number of amides is 1. The lowest BCUT2D eigenvalue weighted by molar-refractivity contribution is -0.142. The minimum Gasteiger partial charge on any atom is -0.384 e. The van der Waals surface area contributed by atoms with Gasteiger partial charge in [-0.25, -0.2) is 0 Å². The van der Waals surface area contributed by atoms with Gasteiger partial charge in [-0.05, 0) is 44.0 Å². The van der Waals surface area contributed by atoms with Crippen molar-refractivity contribution in [2.45, 2.75) is 39.3 Å². The first kappa shape index (κ1) is 25.0. The molecule has 1 fully saturated rings. The molecule has 3 aromatic carbocycles. The van der Waals surface area contributed by atoms with Crippen LogP contribution in [0.3, 0.4) is 0 Å².